The standard InChI is InChI=1S/C13H15F3N2/c14-10-3-4-11(13(16)12(10)15)18-7-6-17-5-1-2-9(17)8-18/h3-4,9H,1-2,5-8H2. The van der Waals surface area contributed by atoms with Crippen molar-refractivity contribution < 1.29 is 13.2 Å². The molecule has 2 aliphatic heterocycles. The van der Waals surface area contributed by atoms with Gasteiger partial charge in [0.25, 0.3) is 0 Å². The van der Waals surface area contributed by atoms with Crippen LogP contribution in [-0.4, -0.2) is 37.1 Å². The normalized spacial score (nSPS) is 24.4. The number of hydrogen-bond donors (Lipinski definition) is 0. The van der Waals surface area contributed by atoms with E-state index in [1.54, 1.807) is 0 Å². The van der Waals surface area contributed by atoms with Crippen LogP contribution in [0.25, 0.3) is 0 Å². The molecule has 0 radical (unpaired) electrons. The molecule has 1 unspecified atom stereocenters. The van der Waals surface area contributed by atoms with Crippen molar-refractivity contribution >= 4 is 5.69 Å². The zero-order valence-electron chi connectivity index (χ0n) is 10.0. The van der Waals surface area contributed by atoms with E-state index in [2.05, 4.69) is 4.90 Å². The van der Waals surface area contributed by atoms with Crippen molar-refractivity contribution in [2.75, 3.05) is 31.1 Å². The van der Waals surface area contributed by atoms with Crippen molar-refractivity contribution in [3.05, 3.63) is 29.6 Å². The van der Waals surface area contributed by atoms with Crippen LogP contribution in [0.15, 0.2) is 12.1 Å². The van der Waals surface area contributed by atoms with Crippen LogP contribution in [0.5, 0.6) is 0 Å². The van der Waals surface area contributed by atoms with Gasteiger partial charge in [0.05, 0.1) is 5.69 Å². The molecule has 3 rings (SSSR count). The minimum Gasteiger partial charge on any atom is -0.366 e. The fraction of sp³-hybridized carbons (Fsp3) is 0.538. The van der Waals surface area contributed by atoms with E-state index >= 15 is 0 Å². The summed E-state index contributed by atoms with van der Waals surface area (Å²) in [4.78, 5) is 4.21. The number of benzene rings is 1. The van der Waals surface area contributed by atoms with Crippen molar-refractivity contribution in [3.8, 4) is 0 Å². The van der Waals surface area contributed by atoms with Gasteiger partial charge in [0.15, 0.2) is 17.5 Å². The van der Waals surface area contributed by atoms with E-state index in [9.17, 15) is 13.2 Å². The lowest BCUT2D eigenvalue weighted by Gasteiger charge is -2.38. The van der Waals surface area contributed by atoms with Gasteiger partial charge in [-0.2, -0.15) is 0 Å². The average molecular weight is 256 g/mol. The Balaban J connectivity index is 1.85. The highest BCUT2D eigenvalue weighted by Gasteiger charge is 2.32. The first-order valence-electron chi connectivity index (χ1n) is 6.29. The van der Waals surface area contributed by atoms with Gasteiger partial charge in [-0.05, 0) is 31.5 Å². The number of anilines is 1. The van der Waals surface area contributed by atoms with Crippen LogP contribution in [0.3, 0.4) is 0 Å². The summed E-state index contributed by atoms with van der Waals surface area (Å²) >= 11 is 0. The Morgan fingerprint density at radius 3 is 2.67 bits per heavy atom. The molecule has 2 aliphatic rings. The molecule has 18 heavy (non-hydrogen) atoms. The molecule has 2 nitrogen and oxygen atoms in total. The largest absolute Gasteiger partial charge is 0.366 e. The number of rotatable bonds is 1. The van der Waals surface area contributed by atoms with Crippen molar-refractivity contribution in [3.63, 3.8) is 0 Å². The van der Waals surface area contributed by atoms with E-state index in [0.29, 0.717) is 19.1 Å². The van der Waals surface area contributed by atoms with E-state index < -0.39 is 17.5 Å². The predicted molar refractivity (Wildman–Crippen MR) is 63.1 cm³/mol. The van der Waals surface area contributed by atoms with Crippen molar-refractivity contribution in [2.24, 2.45) is 0 Å². The van der Waals surface area contributed by atoms with Crippen molar-refractivity contribution in [1.29, 1.82) is 0 Å². The van der Waals surface area contributed by atoms with Gasteiger partial charge in [-0.3, -0.25) is 4.90 Å². The smallest absolute Gasteiger partial charge is 0.196 e. The summed E-state index contributed by atoms with van der Waals surface area (Å²) < 4.78 is 39.8. The summed E-state index contributed by atoms with van der Waals surface area (Å²) in [5, 5.41) is 0. The molecule has 1 aromatic carbocycles. The summed E-state index contributed by atoms with van der Waals surface area (Å²) in [5.41, 5.74) is 0.181. The average Bonchev–Trinajstić information content (AvgIpc) is 2.83. The lowest BCUT2D eigenvalue weighted by molar-refractivity contribution is 0.230. The third-order valence-electron chi connectivity index (χ3n) is 3.94. The van der Waals surface area contributed by atoms with E-state index in [4.69, 9.17) is 0 Å². The summed E-state index contributed by atoms with van der Waals surface area (Å²) in [6, 6.07) is 2.75. The molecule has 0 N–H and O–H groups in total. The first-order chi connectivity index (χ1) is 8.66. The molecule has 0 amide bonds. The number of hydrogen-bond acceptors (Lipinski definition) is 2. The maximum absolute atomic E-state index is 13.7. The molecule has 0 aliphatic carbocycles. The van der Waals surface area contributed by atoms with Gasteiger partial charge >= 0.3 is 0 Å². The lowest BCUT2D eigenvalue weighted by atomic mass is 10.1. The minimum atomic E-state index is -1.37. The topological polar surface area (TPSA) is 6.48 Å². The van der Waals surface area contributed by atoms with Gasteiger partial charge in [0.1, 0.15) is 0 Å². The van der Waals surface area contributed by atoms with Crippen LogP contribution >= 0.6 is 0 Å². The van der Waals surface area contributed by atoms with E-state index in [0.717, 1.165) is 25.6 Å². The summed E-state index contributed by atoms with van der Waals surface area (Å²) in [7, 11) is 0. The molecule has 2 heterocycles. The fourth-order valence-corrected chi connectivity index (χ4v) is 2.97. The molecule has 98 valence electrons. The van der Waals surface area contributed by atoms with E-state index in [-0.39, 0.29) is 5.69 Å². The molecular weight excluding hydrogens is 241 g/mol. The van der Waals surface area contributed by atoms with Crippen LogP contribution in [0.4, 0.5) is 18.9 Å². The number of halogens is 3. The highest BCUT2D eigenvalue weighted by atomic mass is 19.2. The zero-order chi connectivity index (χ0) is 12.7. The summed E-state index contributed by atoms with van der Waals surface area (Å²) in [6.45, 7) is 3.32. The third kappa shape index (κ3) is 1.86. The summed E-state index contributed by atoms with van der Waals surface area (Å²) in [6.07, 6.45) is 2.26. The number of nitrogens with zero attached hydrogens (tertiary/aromatic N) is 2. The molecule has 2 fully saturated rings. The zero-order valence-corrected chi connectivity index (χ0v) is 10.0. The summed E-state index contributed by atoms with van der Waals surface area (Å²) in [5.74, 6) is -3.57. The maximum atomic E-state index is 13.7. The fourth-order valence-electron chi connectivity index (χ4n) is 2.97. The highest BCUT2D eigenvalue weighted by molar-refractivity contribution is 5.49. The Kier molecular flexibility index (Phi) is 2.93. The number of fused-ring (bicyclic) bond motifs is 1. The van der Waals surface area contributed by atoms with Crippen LogP contribution in [-0.2, 0) is 0 Å². The maximum Gasteiger partial charge on any atom is 0.196 e. The third-order valence-corrected chi connectivity index (χ3v) is 3.94. The van der Waals surface area contributed by atoms with E-state index in [1.165, 1.54) is 12.5 Å². The Bertz CT molecular complexity index is 464. The number of piperazine rings is 1. The van der Waals surface area contributed by atoms with Crippen molar-refractivity contribution in [2.45, 2.75) is 18.9 Å². The quantitative estimate of drug-likeness (QED) is 0.712. The van der Waals surface area contributed by atoms with Crippen LogP contribution in [0.2, 0.25) is 0 Å². The van der Waals surface area contributed by atoms with Gasteiger partial charge in [0.2, 0.25) is 0 Å². The minimum absolute atomic E-state index is 0.181. The first kappa shape index (κ1) is 11.8. The second-order valence-electron chi connectivity index (χ2n) is 4.97. The molecule has 0 saturated carbocycles. The van der Waals surface area contributed by atoms with Gasteiger partial charge in [-0.1, -0.05) is 0 Å². The Morgan fingerprint density at radius 1 is 1.00 bits per heavy atom. The predicted octanol–water partition coefficient (Wildman–Crippen LogP) is 2.39. The van der Waals surface area contributed by atoms with Gasteiger partial charge in [-0.15, -0.1) is 0 Å². The second kappa shape index (κ2) is 4.46. The molecule has 5 heteroatoms. The SMILES string of the molecule is Fc1ccc(N2CCN3CCCC3C2)c(F)c1F. The van der Waals surface area contributed by atoms with Gasteiger partial charge in [0, 0.05) is 25.7 Å². The molecule has 2 saturated heterocycles. The molecule has 0 bridgehead atoms. The van der Waals surface area contributed by atoms with Gasteiger partial charge < -0.3 is 4.90 Å². The van der Waals surface area contributed by atoms with Crippen LogP contribution in [0.1, 0.15) is 12.8 Å². The molecule has 0 spiro atoms. The molecule has 1 aromatic rings. The monoisotopic (exact) mass is 256 g/mol. The van der Waals surface area contributed by atoms with Crippen LogP contribution < -0.4 is 4.90 Å². The lowest BCUT2D eigenvalue weighted by Crippen LogP contribution is -2.50. The Morgan fingerprint density at radius 2 is 1.83 bits per heavy atom. The highest BCUT2D eigenvalue weighted by Crippen LogP contribution is 2.28. The van der Waals surface area contributed by atoms with Crippen molar-refractivity contribution in [1.82, 2.24) is 4.90 Å². The molecular formula is C13H15F3N2. The van der Waals surface area contributed by atoms with Crippen LogP contribution in [0, 0.1) is 17.5 Å². The Labute approximate surface area is 104 Å². The molecule has 0 aromatic heterocycles. The Hall–Kier alpha value is -1.23. The van der Waals surface area contributed by atoms with E-state index in [1.807, 2.05) is 4.90 Å². The molecule has 1 atom stereocenters. The first-order valence-corrected chi connectivity index (χ1v) is 6.29. The van der Waals surface area contributed by atoms with Gasteiger partial charge in [-0.25, -0.2) is 13.2 Å². The second-order valence-corrected chi connectivity index (χ2v) is 4.97.